The zero-order chi connectivity index (χ0) is 19.8. The van der Waals surface area contributed by atoms with Crippen molar-refractivity contribution in [3.63, 3.8) is 0 Å². The van der Waals surface area contributed by atoms with Gasteiger partial charge in [-0.2, -0.15) is 0 Å². The number of phosphoric ester groups is 1. The number of anilines is 1. The molecule has 0 aliphatic carbocycles. The number of fused-ring (bicyclic) bond motifs is 1. The van der Waals surface area contributed by atoms with Crippen molar-refractivity contribution in [3.8, 4) is 0 Å². The molecule has 2 aromatic rings. The second-order valence-electron chi connectivity index (χ2n) is 5.90. The second-order valence-corrected chi connectivity index (χ2v) is 8.20. The number of thioether (sulfide) groups is 1. The van der Waals surface area contributed by atoms with Crippen molar-refractivity contribution in [2.75, 3.05) is 18.1 Å². The van der Waals surface area contributed by atoms with E-state index < -0.39 is 39.0 Å². The fourth-order valence-electron chi connectivity index (χ4n) is 2.63. The van der Waals surface area contributed by atoms with Crippen LogP contribution in [0.2, 0.25) is 0 Å². The molecule has 3 heterocycles. The van der Waals surface area contributed by atoms with E-state index in [1.165, 1.54) is 22.7 Å². The number of aliphatic hydroxyl groups is 2. The molecule has 3 rings (SSSR count). The average Bonchev–Trinajstić information content (AvgIpc) is 3.13. The van der Waals surface area contributed by atoms with Gasteiger partial charge in [0.1, 0.15) is 23.8 Å². The molecule has 1 aliphatic rings. The van der Waals surface area contributed by atoms with Crippen LogP contribution in [0.4, 0.5) is 5.82 Å². The highest BCUT2D eigenvalue weighted by Crippen LogP contribution is 2.39. The quantitative estimate of drug-likeness (QED) is 0.222. The molecular weight excluding hydrogens is 401 g/mol. The first-order valence-corrected chi connectivity index (χ1v) is 10.6. The van der Waals surface area contributed by atoms with Gasteiger partial charge in [-0.05, 0) is 6.42 Å². The Kier molecular flexibility index (Phi) is 6.03. The zero-order valence-corrected chi connectivity index (χ0v) is 16.0. The van der Waals surface area contributed by atoms with E-state index in [4.69, 9.17) is 20.3 Å². The van der Waals surface area contributed by atoms with Gasteiger partial charge in [-0.15, -0.1) is 0 Å². The van der Waals surface area contributed by atoms with Gasteiger partial charge in [-0.25, -0.2) is 19.5 Å². The molecular formula is C13H20N5O7PS. The minimum atomic E-state index is -4.74. The fourth-order valence-corrected chi connectivity index (χ4v) is 3.67. The van der Waals surface area contributed by atoms with E-state index in [1.807, 2.05) is 6.92 Å². The smallest absolute Gasteiger partial charge is 0.387 e. The van der Waals surface area contributed by atoms with Crippen molar-refractivity contribution in [2.45, 2.75) is 43.0 Å². The highest BCUT2D eigenvalue weighted by atomic mass is 32.2. The normalized spacial score (nSPS) is 26.1. The predicted molar refractivity (Wildman–Crippen MR) is 94.7 cm³/mol. The molecule has 0 unspecified atom stereocenters. The van der Waals surface area contributed by atoms with Crippen molar-refractivity contribution >= 4 is 36.6 Å². The molecule has 150 valence electrons. The Bertz CT molecular complexity index is 861. The van der Waals surface area contributed by atoms with E-state index >= 15 is 0 Å². The number of ether oxygens (including phenoxy) is 1. The van der Waals surface area contributed by atoms with Gasteiger partial charge in [-0.3, -0.25) is 9.09 Å². The summed E-state index contributed by atoms with van der Waals surface area (Å²) in [4.78, 5) is 30.3. The first-order valence-electron chi connectivity index (χ1n) is 8.05. The Morgan fingerprint density at radius 1 is 1.37 bits per heavy atom. The molecule has 1 aliphatic heterocycles. The third-order valence-corrected chi connectivity index (χ3v) is 5.42. The number of hydrogen-bond acceptors (Lipinski definition) is 10. The van der Waals surface area contributed by atoms with Crippen molar-refractivity contribution in [1.82, 2.24) is 19.5 Å². The van der Waals surface area contributed by atoms with E-state index in [0.29, 0.717) is 16.3 Å². The predicted octanol–water partition coefficient (Wildman–Crippen LogP) is -0.361. The first kappa shape index (κ1) is 20.4. The van der Waals surface area contributed by atoms with Crippen molar-refractivity contribution in [1.29, 1.82) is 0 Å². The number of nitrogen functional groups attached to an aromatic ring is 1. The lowest BCUT2D eigenvalue weighted by Crippen LogP contribution is -2.33. The summed E-state index contributed by atoms with van der Waals surface area (Å²) in [5, 5.41) is 20.9. The summed E-state index contributed by atoms with van der Waals surface area (Å²) < 4.78 is 22.1. The van der Waals surface area contributed by atoms with Gasteiger partial charge < -0.3 is 30.5 Å². The van der Waals surface area contributed by atoms with E-state index in [-0.39, 0.29) is 5.82 Å². The molecule has 0 saturated carbocycles. The van der Waals surface area contributed by atoms with Crippen LogP contribution in [0.15, 0.2) is 11.5 Å². The Balaban J connectivity index is 1.88. The van der Waals surface area contributed by atoms with Gasteiger partial charge in [0.05, 0.1) is 12.9 Å². The lowest BCUT2D eigenvalue weighted by atomic mass is 10.1. The van der Waals surface area contributed by atoms with Gasteiger partial charge >= 0.3 is 7.82 Å². The van der Waals surface area contributed by atoms with E-state index in [0.717, 1.165) is 12.2 Å². The Labute approximate surface area is 158 Å². The summed E-state index contributed by atoms with van der Waals surface area (Å²) >= 11 is 1.41. The zero-order valence-electron chi connectivity index (χ0n) is 14.2. The van der Waals surface area contributed by atoms with Gasteiger partial charge in [0.2, 0.25) is 0 Å². The van der Waals surface area contributed by atoms with Crippen LogP contribution in [0.1, 0.15) is 19.6 Å². The minimum absolute atomic E-state index is 0.173. The standard InChI is InChI=1S/C13H20N5O7PS/c1-2-3-27-13-16-10(14)7-11(17-13)18(5-15-7)12-9(20)8(19)6(25-12)4-24-26(21,22)23/h5-6,8-9,12,19-20H,2-4H2,1H3,(H2,14,16,17)(H2,21,22,23)/t6-,8-,9-,12-/m1/s1. The summed E-state index contributed by atoms with van der Waals surface area (Å²) in [6, 6.07) is 0. The number of aliphatic hydroxyl groups excluding tert-OH is 2. The summed E-state index contributed by atoms with van der Waals surface area (Å²) in [6.45, 7) is 1.42. The van der Waals surface area contributed by atoms with Crippen LogP contribution in [-0.2, 0) is 13.8 Å². The largest absolute Gasteiger partial charge is 0.469 e. The lowest BCUT2D eigenvalue weighted by molar-refractivity contribution is -0.0504. The molecule has 12 nitrogen and oxygen atoms in total. The van der Waals surface area contributed by atoms with Crippen LogP contribution in [0.5, 0.6) is 0 Å². The first-order chi connectivity index (χ1) is 12.7. The summed E-state index contributed by atoms with van der Waals surface area (Å²) in [7, 11) is -4.74. The molecule has 14 heteroatoms. The molecule has 0 aromatic carbocycles. The molecule has 1 fully saturated rings. The molecule has 0 spiro atoms. The number of aromatic nitrogens is 4. The Morgan fingerprint density at radius 3 is 2.78 bits per heavy atom. The van der Waals surface area contributed by atoms with E-state index in [2.05, 4.69) is 19.5 Å². The monoisotopic (exact) mass is 421 g/mol. The summed E-state index contributed by atoms with van der Waals surface area (Å²) in [5.41, 5.74) is 6.56. The van der Waals surface area contributed by atoms with E-state index in [9.17, 15) is 14.8 Å². The number of phosphoric acid groups is 1. The lowest BCUT2D eigenvalue weighted by Gasteiger charge is -2.16. The highest BCUT2D eigenvalue weighted by molar-refractivity contribution is 7.99. The van der Waals surface area contributed by atoms with Gasteiger partial charge in [0, 0.05) is 5.75 Å². The molecule has 0 radical (unpaired) electrons. The van der Waals surface area contributed by atoms with Crippen molar-refractivity contribution < 1.29 is 33.8 Å². The highest BCUT2D eigenvalue weighted by Gasteiger charge is 2.45. The minimum Gasteiger partial charge on any atom is -0.387 e. The SMILES string of the molecule is CCCSc1nc(N)c2ncn([C@@H]3O[C@H](COP(=O)(O)O)[C@@H](O)[C@H]3O)c2n1. The Morgan fingerprint density at radius 2 is 2.11 bits per heavy atom. The molecule has 1 saturated heterocycles. The third-order valence-electron chi connectivity index (χ3n) is 3.88. The van der Waals surface area contributed by atoms with Gasteiger partial charge in [0.15, 0.2) is 22.8 Å². The topological polar surface area (TPSA) is 186 Å². The van der Waals surface area contributed by atoms with Crippen LogP contribution < -0.4 is 5.73 Å². The van der Waals surface area contributed by atoms with Gasteiger partial charge in [-0.1, -0.05) is 18.7 Å². The van der Waals surface area contributed by atoms with Crippen LogP contribution in [0.3, 0.4) is 0 Å². The van der Waals surface area contributed by atoms with Gasteiger partial charge in [0.25, 0.3) is 0 Å². The average molecular weight is 421 g/mol. The molecule has 0 amide bonds. The maximum atomic E-state index is 10.8. The number of nitrogens with two attached hydrogens (primary N) is 1. The van der Waals surface area contributed by atoms with Crippen LogP contribution >= 0.6 is 19.6 Å². The Hall–Kier alpha value is -1.31. The molecule has 0 bridgehead atoms. The number of imidazole rings is 1. The second kappa shape index (κ2) is 7.97. The molecule has 4 atom stereocenters. The maximum absolute atomic E-state index is 10.8. The van der Waals surface area contributed by atoms with Crippen molar-refractivity contribution in [2.24, 2.45) is 0 Å². The van der Waals surface area contributed by atoms with Crippen LogP contribution in [-0.4, -0.2) is 70.2 Å². The van der Waals surface area contributed by atoms with E-state index in [1.54, 1.807) is 0 Å². The number of nitrogens with zero attached hydrogens (tertiary/aromatic N) is 4. The number of hydrogen-bond donors (Lipinski definition) is 5. The van der Waals surface area contributed by atoms with Crippen LogP contribution in [0.25, 0.3) is 11.2 Å². The summed E-state index contributed by atoms with van der Waals surface area (Å²) in [5.74, 6) is 0.967. The molecule has 27 heavy (non-hydrogen) atoms. The van der Waals surface area contributed by atoms with Crippen molar-refractivity contribution in [3.05, 3.63) is 6.33 Å². The third kappa shape index (κ3) is 4.41. The summed E-state index contributed by atoms with van der Waals surface area (Å²) in [6.07, 6.45) is -2.79. The molecule has 6 N–H and O–H groups in total. The van der Waals surface area contributed by atoms with Crippen LogP contribution in [0, 0.1) is 0 Å². The molecule has 2 aromatic heterocycles. The number of rotatable bonds is 7. The maximum Gasteiger partial charge on any atom is 0.469 e. The fraction of sp³-hybridized carbons (Fsp3) is 0.615.